The Morgan fingerprint density at radius 1 is 0.821 bits per heavy atom. The van der Waals surface area contributed by atoms with Gasteiger partial charge in [-0.25, -0.2) is 8.42 Å². The summed E-state index contributed by atoms with van der Waals surface area (Å²) >= 11 is 6.22. The topological polar surface area (TPSA) is 94.6 Å². The zero-order valence-electron chi connectivity index (χ0n) is 22.6. The number of hydrogen-bond donors (Lipinski definition) is 0. The summed E-state index contributed by atoms with van der Waals surface area (Å²) in [5.41, 5.74) is 1.67. The molecule has 3 rings (SSSR count). The van der Waals surface area contributed by atoms with Gasteiger partial charge in [0.1, 0.15) is 5.75 Å². The number of sulfonamides is 1. The maximum Gasteiger partial charge on any atom is 0.243 e. The number of benzene rings is 3. The molecule has 3 aromatic rings. The second-order valence-corrected chi connectivity index (χ2v) is 11.0. The standard InChI is InChI=1S/C28H33ClN2O7S/c1-30(18-21-15-25(36-3)28(38-5)26(16-21)37-4)27(32)19-31(14-13-20-9-7-6-8-10-20)39(33,34)22-11-12-24(35-2)23(29)17-22/h6-12,15-17H,13-14,18-19H2,1-5H3. The first-order valence-corrected chi connectivity index (χ1v) is 13.9. The van der Waals surface area contributed by atoms with Crippen molar-refractivity contribution in [2.45, 2.75) is 17.9 Å². The zero-order valence-corrected chi connectivity index (χ0v) is 24.2. The highest BCUT2D eigenvalue weighted by Crippen LogP contribution is 2.38. The molecule has 0 saturated heterocycles. The maximum absolute atomic E-state index is 13.7. The van der Waals surface area contributed by atoms with Gasteiger partial charge in [-0.1, -0.05) is 41.9 Å². The normalized spacial score (nSPS) is 11.3. The van der Waals surface area contributed by atoms with Crippen LogP contribution < -0.4 is 18.9 Å². The molecule has 0 fully saturated rings. The molecule has 0 aliphatic carbocycles. The van der Waals surface area contributed by atoms with Gasteiger partial charge in [-0.15, -0.1) is 0 Å². The number of nitrogens with zero attached hydrogens (tertiary/aromatic N) is 2. The lowest BCUT2D eigenvalue weighted by Crippen LogP contribution is -2.42. The number of methoxy groups -OCH3 is 4. The minimum Gasteiger partial charge on any atom is -0.495 e. The molecular formula is C28H33ClN2O7S. The van der Waals surface area contributed by atoms with Crippen molar-refractivity contribution in [1.29, 1.82) is 0 Å². The Hall–Kier alpha value is -3.47. The Morgan fingerprint density at radius 3 is 1.97 bits per heavy atom. The first-order chi connectivity index (χ1) is 18.6. The summed E-state index contributed by atoms with van der Waals surface area (Å²) in [5.74, 6) is 1.31. The Kier molecular flexibility index (Phi) is 10.4. The van der Waals surface area contributed by atoms with E-state index < -0.39 is 10.0 Å². The summed E-state index contributed by atoms with van der Waals surface area (Å²) < 4.78 is 49.8. The van der Waals surface area contributed by atoms with E-state index in [4.69, 9.17) is 30.5 Å². The quantitative estimate of drug-likeness (QED) is 0.300. The van der Waals surface area contributed by atoms with Crippen molar-refractivity contribution in [3.63, 3.8) is 0 Å². The van der Waals surface area contributed by atoms with Crippen LogP contribution in [-0.2, 0) is 27.8 Å². The van der Waals surface area contributed by atoms with E-state index in [1.165, 1.54) is 55.8 Å². The van der Waals surface area contributed by atoms with Gasteiger partial charge in [0, 0.05) is 20.1 Å². The Bertz CT molecular complexity index is 1360. The van der Waals surface area contributed by atoms with Crippen molar-refractivity contribution in [3.05, 3.63) is 76.8 Å². The van der Waals surface area contributed by atoms with Crippen LogP contribution in [0.4, 0.5) is 0 Å². The number of amides is 1. The second kappa shape index (κ2) is 13.5. The van der Waals surface area contributed by atoms with E-state index in [-0.39, 0.29) is 35.5 Å². The molecule has 0 bridgehead atoms. The van der Waals surface area contributed by atoms with Gasteiger partial charge in [0.15, 0.2) is 11.5 Å². The molecule has 0 aliphatic rings. The van der Waals surface area contributed by atoms with Crippen molar-refractivity contribution in [1.82, 2.24) is 9.21 Å². The fourth-order valence-corrected chi connectivity index (χ4v) is 5.74. The van der Waals surface area contributed by atoms with Gasteiger partial charge in [0.2, 0.25) is 21.7 Å². The SMILES string of the molecule is COc1ccc(S(=O)(=O)N(CCc2ccccc2)CC(=O)N(C)Cc2cc(OC)c(OC)c(OC)c2)cc1Cl. The van der Waals surface area contributed by atoms with Gasteiger partial charge in [0.05, 0.1) is 44.9 Å². The Morgan fingerprint density at radius 2 is 1.44 bits per heavy atom. The fraction of sp³-hybridized carbons (Fsp3) is 0.321. The van der Waals surface area contributed by atoms with Crippen LogP contribution in [0.1, 0.15) is 11.1 Å². The zero-order chi connectivity index (χ0) is 28.6. The van der Waals surface area contributed by atoms with Gasteiger partial charge >= 0.3 is 0 Å². The van der Waals surface area contributed by atoms with E-state index in [1.807, 2.05) is 30.3 Å². The second-order valence-electron chi connectivity index (χ2n) is 8.65. The van der Waals surface area contributed by atoms with E-state index in [2.05, 4.69) is 0 Å². The molecular weight excluding hydrogens is 544 g/mol. The van der Waals surface area contributed by atoms with Crippen molar-refractivity contribution < 1.29 is 32.2 Å². The third kappa shape index (κ3) is 7.35. The van der Waals surface area contributed by atoms with Crippen LogP contribution in [0.3, 0.4) is 0 Å². The molecule has 9 nitrogen and oxygen atoms in total. The van der Waals surface area contributed by atoms with Gasteiger partial charge in [-0.3, -0.25) is 4.79 Å². The smallest absolute Gasteiger partial charge is 0.243 e. The third-order valence-corrected chi connectivity index (χ3v) is 8.27. The summed E-state index contributed by atoms with van der Waals surface area (Å²) in [6.07, 6.45) is 0.424. The molecule has 210 valence electrons. The van der Waals surface area contributed by atoms with Crippen LogP contribution in [0.5, 0.6) is 23.0 Å². The molecule has 0 unspecified atom stereocenters. The Labute approximate surface area is 234 Å². The minimum atomic E-state index is -4.06. The lowest BCUT2D eigenvalue weighted by Gasteiger charge is -2.25. The number of ether oxygens (including phenoxy) is 4. The molecule has 11 heteroatoms. The van der Waals surface area contributed by atoms with E-state index in [0.717, 1.165) is 11.1 Å². The molecule has 39 heavy (non-hydrogen) atoms. The van der Waals surface area contributed by atoms with E-state index in [0.29, 0.717) is 29.4 Å². The Balaban J connectivity index is 1.86. The summed E-state index contributed by atoms with van der Waals surface area (Å²) in [4.78, 5) is 14.8. The molecule has 1 amide bonds. The summed E-state index contributed by atoms with van der Waals surface area (Å²) in [6, 6.07) is 17.2. The highest BCUT2D eigenvalue weighted by molar-refractivity contribution is 7.89. The summed E-state index contributed by atoms with van der Waals surface area (Å²) in [7, 11) is 3.53. The van der Waals surface area contributed by atoms with Crippen LogP contribution in [0.2, 0.25) is 5.02 Å². The highest BCUT2D eigenvalue weighted by atomic mass is 35.5. The first kappa shape index (κ1) is 30.1. The third-order valence-electron chi connectivity index (χ3n) is 6.14. The van der Waals surface area contributed by atoms with Crippen LogP contribution >= 0.6 is 11.6 Å². The molecule has 0 radical (unpaired) electrons. The van der Waals surface area contributed by atoms with Crippen LogP contribution in [0, 0.1) is 0 Å². The molecule has 0 aliphatic heterocycles. The number of likely N-dealkylation sites (N-methyl/N-ethyl adjacent to an activating group) is 1. The van der Waals surface area contributed by atoms with Crippen LogP contribution in [0.15, 0.2) is 65.6 Å². The van der Waals surface area contributed by atoms with Gasteiger partial charge < -0.3 is 23.8 Å². The van der Waals surface area contributed by atoms with Crippen LogP contribution in [0.25, 0.3) is 0 Å². The molecule has 0 N–H and O–H groups in total. The van der Waals surface area contributed by atoms with Crippen molar-refractivity contribution in [3.8, 4) is 23.0 Å². The van der Waals surface area contributed by atoms with Crippen molar-refractivity contribution in [2.24, 2.45) is 0 Å². The fourth-order valence-electron chi connectivity index (χ4n) is 4.00. The lowest BCUT2D eigenvalue weighted by molar-refractivity contribution is -0.130. The number of carbonyl (C=O) groups is 1. The molecule has 0 atom stereocenters. The number of rotatable bonds is 13. The average Bonchev–Trinajstić information content (AvgIpc) is 2.94. The van der Waals surface area contributed by atoms with Crippen molar-refractivity contribution in [2.75, 3.05) is 48.6 Å². The predicted molar refractivity (Wildman–Crippen MR) is 149 cm³/mol. The van der Waals surface area contributed by atoms with E-state index >= 15 is 0 Å². The molecule has 0 aromatic heterocycles. The molecule has 0 heterocycles. The van der Waals surface area contributed by atoms with Gasteiger partial charge in [0.25, 0.3) is 0 Å². The molecule has 0 spiro atoms. The molecule has 0 saturated carbocycles. The highest BCUT2D eigenvalue weighted by Gasteiger charge is 2.28. The predicted octanol–water partition coefficient (Wildman–Crippen LogP) is 4.27. The average molecular weight is 577 g/mol. The minimum absolute atomic E-state index is 0.0264. The summed E-state index contributed by atoms with van der Waals surface area (Å²) in [6.45, 7) is -0.0734. The maximum atomic E-state index is 13.7. The largest absolute Gasteiger partial charge is 0.495 e. The first-order valence-electron chi connectivity index (χ1n) is 12.0. The summed E-state index contributed by atoms with van der Waals surface area (Å²) in [5, 5.41) is 0.160. The lowest BCUT2D eigenvalue weighted by atomic mass is 10.1. The van der Waals surface area contributed by atoms with Gasteiger partial charge in [-0.2, -0.15) is 4.31 Å². The van der Waals surface area contributed by atoms with Crippen molar-refractivity contribution >= 4 is 27.5 Å². The molecule has 3 aromatic carbocycles. The van der Waals surface area contributed by atoms with Crippen LogP contribution in [-0.4, -0.2) is 72.1 Å². The van der Waals surface area contributed by atoms with E-state index in [9.17, 15) is 13.2 Å². The number of halogens is 1. The monoisotopic (exact) mass is 576 g/mol. The van der Waals surface area contributed by atoms with E-state index in [1.54, 1.807) is 19.2 Å². The van der Waals surface area contributed by atoms with Gasteiger partial charge in [-0.05, 0) is 47.9 Å². The number of carbonyl (C=O) groups excluding carboxylic acids is 1. The number of hydrogen-bond acceptors (Lipinski definition) is 7.